The second kappa shape index (κ2) is 11.7. The van der Waals surface area contributed by atoms with E-state index in [1.54, 1.807) is 26.4 Å². The van der Waals surface area contributed by atoms with Crippen LogP contribution < -0.4 is 0 Å². The first kappa shape index (κ1) is 25.3. The summed E-state index contributed by atoms with van der Waals surface area (Å²) in [6, 6.07) is 14.9. The zero-order valence-corrected chi connectivity index (χ0v) is 20.3. The van der Waals surface area contributed by atoms with E-state index in [9.17, 15) is 9.90 Å². The minimum atomic E-state index is -0.986. The molecule has 1 heterocycles. The quantitative estimate of drug-likeness (QED) is 0.344. The Kier molecular flexibility index (Phi) is 8.73. The molecule has 7 heteroatoms. The maximum Gasteiger partial charge on any atom is 0.336 e. The molecule has 0 spiro atoms. The molecule has 0 saturated heterocycles. The lowest BCUT2D eigenvalue weighted by Gasteiger charge is -2.27. The van der Waals surface area contributed by atoms with E-state index in [1.807, 2.05) is 53.2 Å². The molecule has 0 bridgehead atoms. The Labute approximate surface area is 201 Å². The second-order valence-corrected chi connectivity index (χ2v) is 8.07. The number of carboxylic acids is 1. The number of carboxylic acid groups (broad SMARTS) is 1. The molecule has 0 unspecified atom stereocenters. The van der Waals surface area contributed by atoms with Crippen LogP contribution in [-0.4, -0.2) is 40.1 Å². The Balaban J connectivity index is 1.93. The van der Waals surface area contributed by atoms with E-state index in [0.717, 1.165) is 36.2 Å². The van der Waals surface area contributed by atoms with Gasteiger partial charge in [-0.1, -0.05) is 68.8 Å². The summed E-state index contributed by atoms with van der Waals surface area (Å²) >= 11 is 0. The van der Waals surface area contributed by atoms with E-state index in [2.05, 4.69) is 13.8 Å². The summed E-state index contributed by atoms with van der Waals surface area (Å²) in [5, 5.41) is 14.3. The highest BCUT2D eigenvalue weighted by molar-refractivity contribution is 5.95. The van der Waals surface area contributed by atoms with Crippen molar-refractivity contribution in [1.82, 2.24) is 14.8 Å². The molecule has 7 nitrogen and oxygen atoms in total. The van der Waals surface area contributed by atoms with Crippen LogP contribution in [0.4, 0.5) is 0 Å². The van der Waals surface area contributed by atoms with Crippen LogP contribution in [0.3, 0.4) is 0 Å². The molecule has 0 radical (unpaired) electrons. The van der Waals surface area contributed by atoms with Crippen molar-refractivity contribution in [3.63, 3.8) is 0 Å². The van der Waals surface area contributed by atoms with E-state index in [-0.39, 0.29) is 5.56 Å². The van der Waals surface area contributed by atoms with E-state index in [4.69, 9.17) is 19.6 Å². The largest absolute Gasteiger partial charge is 0.478 e. The van der Waals surface area contributed by atoms with Crippen molar-refractivity contribution in [1.29, 1.82) is 0 Å². The smallest absolute Gasteiger partial charge is 0.336 e. The molecular formula is C27H33N3O4. The van der Waals surface area contributed by atoms with Gasteiger partial charge >= 0.3 is 5.97 Å². The number of ether oxygens (including phenoxy) is 2. The summed E-state index contributed by atoms with van der Waals surface area (Å²) in [6.45, 7) is 4.70. The molecule has 3 aromatic rings. The zero-order chi connectivity index (χ0) is 24.6. The predicted molar refractivity (Wildman–Crippen MR) is 133 cm³/mol. The van der Waals surface area contributed by atoms with Crippen molar-refractivity contribution in [3.05, 3.63) is 77.4 Å². The highest BCUT2D eigenvalue weighted by Gasteiger charge is 2.36. The Bertz CT molecular complexity index is 1120. The van der Waals surface area contributed by atoms with Gasteiger partial charge < -0.3 is 14.6 Å². The third kappa shape index (κ3) is 5.61. The van der Waals surface area contributed by atoms with Crippen molar-refractivity contribution < 1.29 is 19.4 Å². The van der Waals surface area contributed by atoms with E-state index in [0.29, 0.717) is 24.4 Å². The molecular weight excluding hydrogens is 430 g/mol. The number of aromatic carboxylic acids is 1. The Morgan fingerprint density at radius 2 is 1.79 bits per heavy atom. The van der Waals surface area contributed by atoms with Crippen molar-refractivity contribution in [3.8, 4) is 11.1 Å². The molecule has 1 aromatic heterocycles. The van der Waals surface area contributed by atoms with Gasteiger partial charge in [-0.15, -0.1) is 5.10 Å². The Morgan fingerprint density at radius 1 is 1.09 bits per heavy atom. The van der Waals surface area contributed by atoms with E-state index >= 15 is 0 Å². The van der Waals surface area contributed by atoms with Crippen LogP contribution in [0.15, 0.2) is 54.6 Å². The van der Waals surface area contributed by atoms with E-state index in [1.165, 1.54) is 0 Å². The number of nitrogens with zero attached hydrogens (tertiary/aromatic N) is 3. The molecule has 1 N–H and O–H groups in total. The van der Waals surface area contributed by atoms with Crippen LogP contribution in [0.25, 0.3) is 17.2 Å². The first-order valence-electron chi connectivity index (χ1n) is 11.6. The van der Waals surface area contributed by atoms with E-state index < -0.39 is 11.8 Å². The van der Waals surface area contributed by atoms with Crippen LogP contribution in [0, 0.1) is 0 Å². The van der Waals surface area contributed by atoms with Crippen LogP contribution in [0.2, 0.25) is 0 Å². The van der Waals surface area contributed by atoms with Gasteiger partial charge in [-0.2, -0.15) is 0 Å². The zero-order valence-electron chi connectivity index (χ0n) is 20.3. The van der Waals surface area contributed by atoms with Gasteiger partial charge in [0.15, 0.2) is 5.82 Å². The van der Waals surface area contributed by atoms with Gasteiger partial charge in [0, 0.05) is 20.6 Å². The first-order valence-corrected chi connectivity index (χ1v) is 11.6. The van der Waals surface area contributed by atoms with Crippen LogP contribution in [0.1, 0.15) is 67.1 Å². The third-order valence-corrected chi connectivity index (χ3v) is 5.82. The molecule has 3 rings (SSSR count). The highest BCUT2D eigenvalue weighted by atomic mass is 16.7. The fourth-order valence-corrected chi connectivity index (χ4v) is 3.85. The summed E-state index contributed by atoms with van der Waals surface area (Å²) in [5.74, 6) is -0.689. The fraction of sp³-hybridized carbons (Fsp3) is 0.370. The average Bonchev–Trinajstić information content (AvgIpc) is 3.27. The summed E-state index contributed by atoms with van der Waals surface area (Å²) in [7, 11) is 3.24. The SMILES string of the molecule is CC/C=C/c1nc(C(CCCC)(OC)OC)nn1Cc1ccc(-c2ccccc2C(=O)O)cc1. The van der Waals surface area contributed by atoms with Crippen molar-refractivity contribution >= 4 is 12.0 Å². The van der Waals surface area contributed by atoms with Gasteiger partial charge in [0.2, 0.25) is 11.6 Å². The molecule has 0 saturated carbocycles. The van der Waals surface area contributed by atoms with Gasteiger partial charge in [0.1, 0.15) is 0 Å². The lowest BCUT2D eigenvalue weighted by molar-refractivity contribution is -0.226. The number of hydrogen-bond donors (Lipinski definition) is 1. The number of hydrogen-bond acceptors (Lipinski definition) is 5. The van der Waals surface area contributed by atoms with Gasteiger partial charge in [-0.3, -0.25) is 0 Å². The molecule has 34 heavy (non-hydrogen) atoms. The maximum atomic E-state index is 11.6. The van der Waals surface area contributed by atoms with Crippen LogP contribution >= 0.6 is 0 Å². The molecule has 0 fully saturated rings. The molecule has 0 aliphatic heterocycles. The monoisotopic (exact) mass is 463 g/mol. The normalized spacial score (nSPS) is 11.9. The molecule has 0 aliphatic rings. The van der Waals surface area contributed by atoms with Gasteiger partial charge in [-0.25, -0.2) is 14.5 Å². The number of aromatic nitrogens is 3. The topological polar surface area (TPSA) is 86.5 Å². The van der Waals surface area contributed by atoms with Crippen molar-refractivity contribution in [2.45, 2.75) is 51.9 Å². The van der Waals surface area contributed by atoms with Crippen molar-refractivity contribution in [2.24, 2.45) is 0 Å². The molecule has 0 amide bonds. The third-order valence-electron chi connectivity index (χ3n) is 5.82. The highest BCUT2D eigenvalue weighted by Crippen LogP contribution is 2.30. The molecule has 180 valence electrons. The Hall–Kier alpha value is -3.29. The Morgan fingerprint density at radius 3 is 2.41 bits per heavy atom. The number of carbonyl (C=O) groups is 1. The second-order valence-electron chi connectivity index (χ2n) is 8.07. The molecule has 0 aliphatic carbocycles. The lowest BCUT2D eigenvalue weighted by Crippen LogP contribution is -2.32. The minimum Gasteiger partial charge on any atom is -0.478 e. The van der Waals surface area contributed by atoms with Crippen molar-refractivity contribution in [2.75, 3.05) is 14.2 Å². The number of unbranched alkanes of at least 4 members (excludes halogenated alkanes) is 1. The van der Waals surface area contributed by atoms with Crippen LogP contribution in [-0.2, 0) is 21.8 Å². The van der Waals surface area contributed by atoms with Gasteiger partial charge in [0.05, 0.1) is 12.1 Å². The van der Waals surface area contributed by atoms with Gasteiger partial charge in [0.25, 0.3) is 0 Å². The summed E-state index contributed by atoms with van der Waals surface area (Å²) < 4.78 is 13.4. The standard InChI is InChI=1S/C27H33N3O4/c1-5-7-13-24-28-26(27(33-3,34-4)18-8-6-2)29-30(24)19-20-14-16-21(17-15-20)22-11-9-10-12-23(22)25(31)32/h7,9-17H,5-6,8,18-19H2,1-4H3,(H,31,32)/b13-7+. The fourth-order valence-electron chi connectivity index (χ4n) is 3.85. The summed E-state index contributed by atoms with van der Waals surface area (Å²) in [4.78, 5) is 16.3. The minimum absolute atomic E-state index is 0.283. The maximum absolute atomic E-state index is 11.6. The van der Waals surface area contributed by atoms with Crippen LogP contribution in [0.5, 0.6) is 0 Å². The molecule has 2 aromatic carbocycles. The van der Waals surface area contributed by atoms with Gasteiger partial charge in [-0.05, 0) is 41.7 Å². The predicted octanol–water partition coefficient (Wildman–Crippen LogP) is 5.75. The number of rotatable bonds is 12. The number of allylic oxidation sites excluding steroid dienone is 1. The number of methoxy groups -OCH3 is 2. The average molecular weight is 464 g/mol. The molecule has 0 atom stereocenters. The first-order chi connectivity index (χ1) is 16.5. The summed E-state index contributed by atoms with van der Waals surface area (Å²) in [6.07, 6.45) is 7.49. The number of benzene rings is 2. The lowest BCUT2D eigenvalue weighted by atomic mass is 9.99. The summed E-state index contributed by atoms with van der Waals surface area (Å²) in [5.41, 5.74) is 2.85.